The van der Waals surface area contributed by atoms with Crippen LogP contribution in [0.1, 0.15) is 43.3 Å². The van der Waals surface area contributed by atoms with Gasteiger partial charge in [0.05, 0.1) is 6.20 Å². The molecule has 0 N–H and O–H groups in total. The quantitative estimate of drug-likeness (QED) is 0.736. The van der Waals surface area contributed by atoms with Gasteiger partial charge in [0.1, 0.15) is 17.2 Å². The van der Waals surface area contributed by atoms with Crippen LogP contribution in [0.25, 0.3) is 10.7 Å². The number of nitrogens with zero attached hydrogens (tertiary/aromatic N) is 6. The lowest BCUT2D eigenvalue weighted by atomic mass is 10.1. The van der Waals surface area contributed by atoms with Crippen LogP contribution in [0.3, 0.4) is 0 Å². The van der Waals surface area contributed by atoms with Gasteiger partial charge in [-0.1, -0.05) is 23.2 Å². The SMILES string of the molecule is c1csc(-c2cn(Cc3noc(C4CCCC4)n3)nn2)n1. The van der Waals surface area contributed by atoms with Crippen molar-refractivity contribution < 1.29 is 4.52 Å². The van der Waals surface area contributed by atoms with Crippen molar-refractivity contribution in [1.29, 1.82) is 0 Å². The molecule has 0 atom stereocenters. The average molecular weight is 302 g/mol. The summed E-state index contributed by atoms with van der Waals surface area (Å²) in [5.74, 6) is 1.85. The second kappa shape index (κ2) is 5.36. The molecule has 8 heteroatoms. The summed E-state index contributed by atoms with van der Waals surface area (Å²) in [6, 6.07) is 0. The highest BCUT2D eigenvalue weighted by Gasteiger charge is 2.23. The third-order valence-corrected chi connectivity index (χ3v) is 4.48. The van der Waals surface area contributed by atoms with Crippen molar-refractivity contribution in [3.63, 3.8) is 0 Å². The topological polar surface area (TPSA) is 82.5 Å². The Morgan fingerprint density at radius 3 is 3.05 bits per heavy atom. The first-order valence-corrected chi connectivity index (χ1v) is 7.89. The monoisotopic (exact) mass is 302 g/mol. The van der Waals surface area contributed by atoms with Crippen LogP contribution < -0.4 is 0 Å². The van der Waals surface area contributed by atoms with E-state index in [1.807, 2.05) is 11.6 Å². The summed E-state index contributed by atoms with van der Waals surface area (Å²) in [5, 5.41) is 15.0. The minimum absolute atomic E-state index is 0.438. The van der Waals surface area contributed by atoms with Gasteiger partial charge in [0, 0.05) is 17.5 Å². The van der Waals surface area contributed by atoms with E-state index in [-0.39, 0.29) is 0 Å². The molecule has 1 saturated carbocycles. The van der Waals surface area contributed by atoms with Gasteiger partial charge >= 0.3 is 0 Å². The van der Waals surface area contributed by atoms with E-state index in [9.17, 15) is 0 Å². The zero-order chi connectivity index (χ0) is 14.1. The molecule has 0 amide bonds. The predicted molar refractivity (Wildman–Crippen MR) is 75.7 cm³/mol. The van der Waals surface area contributed by atoms with Gasteiger partial charge in [-0.15, -0.1) is 16.4 Å². The van der Waals surface area contributed by atoms with Crippen molar-refractivity contribution in [3.8, 4) is 10.7 Å². The molecule has 21 heavy (non-hydrogen) atoms. The molecule has 0 spiro atoms. The maximum absolute atomic E-state index is 5.37. The zero-order valence-corrected chi connectivity index (χ0v) is 12.2. The molecule has 0 bridgehead atoms. The molecule has 3 aromatic heterocycles. The van der Waals surface area contributed by atoms with Gasteiger partial charge in [0.25, 0.3) is 0 Å². The molecule has 0 aromatic carbocycles. The normalized spacial score (nSPS) is 15.8. The lowest BCUT2D eigenvalue weighted by Crippen LogP contribution is -2.02. The molecule has 0 radical (unpaired) electrons. The van der Waals surface area contributed by atoms with Crippen molar-refractivity contribution in [1.82, 2.24) is 30.1 Å². The summed E-state index contributed by atoms with van der Waals surface area (Å²) in [5.41, 5.74) is 0.768. The molecule has 7 nitrogen and oxygen atoms in total. The Bertz CT molecular complexity index is 713. The molecule has 0 unspecified atom stereocenters. The molecule has 4 rings (SSSR count). The second-order valence-corrected chi connectivity index (χ2v) is 6.06. The lowest BCUT2D eigenvalue weighted by molar-refractivity contribution is 0.349. The lowest BCUT2D eigenvalue weighted by Gasteiger charge is -1.99. The summed E-state index contributed by atoms with van der Waals surface area (Å²) in [4.78, 5) is 8.70. The summed E-state index contributed by atoms with van der Waals surface area (Å²) in [7, 11) is 0. The van der Waals surface area contributed by atoms with E-state index in [0.717, 1.165) is 29.4 Å². The van der Waals surface area contributed by atoms with E-state index < -0.39 is 0 Å². The van der Waals surface area contributed by atoms with Gasteiger partial charge in [-0.05, 0) is 12.8 Å². The number of aromatic nitrogens is 6. The Morgan fingerprint density at radius 1 is 1.33 bits per heavy atom. The first-order chi connectivity index (χ1) is 10.4. The van der Waals surface area contributed by atoms with Crippen LogP contribution in [-0.4, -0.2) is 30.1 Å². The molecular formula is C13H14N6OS. The van der Waals surface area contributed by atoms with Gasteiger partial charge in [0.2, 0.25) is 5.89 Å². The van der Waals surface area contributed by atoms with Gasteiger partial charge < -0.3 is 4.52 Å². The summed E-state index contributed by atoms with van der Waals surface area (Å²) in [6.07, 6.45) is 8.42. The smallest absolute Gasteiger partial charge is 0.229 e. The molecule has 1 fully saturated rings. The molecule has 0 aliphatic heterocycles. The van der Waals surface area contributed by atoms with E-state index in [0.29, 0.717) is 18.3 Å². The molecule has 1 aliphatic rings. The minimum Gasteiger partial charge on any atom is -0.339 e. The van der Waals surface area contributed by atoms with Crippen LogP contribution in [-0.2, 0) is 6.54 Å². The maximum Gasteiger partial charge on any atom is 0.229 e. The fraction of sp³-hybridized carbons (Fsp3) is 0.462. The predicted octanol–water partition coefficient (Wildman–Crippen LogP) is 2.49. The average Bonchev–Trinajstić information content (AvgIpc) is 3.28. The van der Waals surface area contributed by atoms with Crippen LogP contribution in [0.2, 0.25) is 0 Å². The van der Waals surface area contributed by atoms with Gasteiger partial charge in [-0.3, -0.25) is 0 Å². The standard InChI is InChI=1S/C13H14N6OS/c1-2-4-9(3-1)12-15-11(17-20-12)8-19-7-10(16-18-19)13-14-5-6-21-13/h5-7,9H,1-4,8H2. The highest BCUT2D eigenvalue weighted by molar-refractivity contribution is 7.13. The summed E-state index contributed by atoms with van der Waals surface area (Å²) in [6.45, 7) is 0.467. The van der Waals surface area contributed by atoms with Crippen LogP contribution in [0.5, 0.6) is 0 Å². The first kappa shape index (κ1) is 12.6. The highest BCUT2D eigenvalue weighted by atomic mass is 32.1. The third kappa shape index (κ3) is 2.58. The molecule has 3 aromatic rings. The molecular weight excluding hydrogens is 288 g/mol. The van der Waals surface area contributed by atoms with E-state index in [2.05, 4.69) is 25.4 Å². The molecule has 1 aliphatic carbocycles. The third-order valence-electron chi connectivity index (χ3n) is 3.68. The first-order valence-electron chi connectivity index (χ1n) is 7.01. The Hall–Kier alpha value is -2.09. The van der Waals surface area contributed by atoms with Crippen molar-refractivity contribution >= 4 is 11.3 Å². The number of thiazole rings is 1. The molecule has 108 valence electrons. The molecule has 0 saturated heterocycles. The van der Waals surface area contributed by atoms with Gasteiger partial charge in [-0.25, -0.2) is 9.67 Å². The Morgan fingerprint density at radius 2 is 2.24 bits per heavy atom. The number of hydrogen-bond acceptors (Lipinski definition) is 7. The van der Waals surface area contributed by atoms with Crippen molar-refractivity contribution in [2.75, 3.05) is 0 Å². The van der Waals surface area contributed by atoms with Crippen molar-refractivity contribution in [2.45, 2.75) is 38.1 Å². The van der Waals surface area contributed by atoms with Gasteiger partial charge in [0.15, 0.2) is 5.82 Å². The fourth-order valence-corrected chi connectivity index (χ4v) is 3.23. The summed E-state index contributed by atoms with van der Waals surface area (Å²) >= 11 is 1.54. The highest BCUT2D eigenvalue weighted by Crippen LogP contribution is 2.32. The molecule has 3 heterocycles. The summed E-state index contributed by atoms with van der Waals surface area (Å²) < 4.78 is 7.08. The van der Waals surface area contributed by atoms with E-state index in [1.165, 1.54) is 24.2 Å². The Kier molecular flexibility index (Phi) is 3.23. The Balaban J connectivity index is 1.48. The largest absolute Gasteiger partial charge is 0.339 e. The van der Waals surface area contributed by atoms with E-state index in [4.69, 9.17) is 4.52 Å². The zero-order valence-electron chi connectivity index (χ0n) is 11.3. The number of rotatable bonds is 4. The minimum atomic E-state index is 0.438. The fourth-order valence-electron chi connectivity index (χ4n) is 2.64. The maximum atomic E-state index is 5.37. The van der Waals surface area contributed by atoms with Crippen LogP contribution in [0.15, 0.2) is 22.3 Å². The van der Waals surface area contributed by atoms with Crippen LogP contribution in [0.4, 0.5) is 0 Å². The number of hydrogen-bond donors (Lipinski definition) is 0. The van der Waals surface area contributed by atoms with Crippen LogP contribution in [0, 0.1) is 0 Å². The second-order valence-electron chi connectivity index (χ2n) is 5.17. The van der Waals surface area contributed by atoms with E-state index in [1.54, 1.807) is 10.9 Å². The Labute approximate surface area is 125 Å². The van der Waals surface area contributed by atoms with Crippen molar-refractivity contribution in [3.05, 3.63) is 29.5 Å². The van der Waals surface area contributed by atoms with Crippen molar-refractivity contribution in [2.24, 2.45) is 0 Å². The van der Waals surface area contributed by atoms with Gasteiger partial charge in [-0.2, -0.15) is 4.98 Å². The van der Waals surface area contributed by atoms with E-state index >= 15 is 0 Å². The van der Waals surface area contributed by atoms with Crippen LogP contribution >= 0.6 is 11.3 Å².